The molecule has 1 heterocycles. The smallest absolute Gasteiger partial charge is 0.315 e. The summed E-state index contributed by atoms with van der Waals surface area (Å²) in [6.45, 7) is 2.25. The number of hydrogen-bond donors (Lipinski definition) is 3. The van der Waals surface area contributed by atoms with Crippen LogP contribution in [0.5, 0.6) is 0 Å². The van der Waals surface area contributed by atoms with E-state index in [9.17, 15) is 9.90 Å². The fourth-order valence-electron chi connectivity index (χ4n) is 2.68. The number of carbonyl (C=O) groups excluding carboxylic acids is 1. The second-order valence-corrected chi connectivity index (χ2v) is 6.34. The van der Waals surface area contributed by atoms with Gasteiger partial charge in [-0.25, -0.2) is 4.79 Å². The number of urea groups is 1. The molecule has 2 amide bonds. The SMILES string of the molecule is C[C@H](NC(=O)NC[C@H](O)C1CC1)c1ccc(-c2ccncc2)cc1. The van der Waals surface area contributed by atoms with Crippen molar-refractivity contribution in [2.24, 2.45) is 5.92 Å². The molecule has 1 saturated carbocycles. The summed E-state index contributed by atoms with van der Waals surface area (Å²) in [5, 5.41) is 15.4. The number of aliphatic hydroxyl groups is 1. The van der Waals surface area contributed by atoms with Crippen molar-refractivity contribution >= 4 is 6.03 Å². The Kier molecular flexibility index (Phi) is 5.11. The molecule has 0 aliphatic heterocycles. The quantitative estimate of drug-likeness (QED) is 0.764. The van der Waals surface area contributed by atoms with Crippen LogP contribution in [-0.2, 0) is 0 Å². The van der Waals surface area contributed by atoms with Crippen LogP contribution in [-0.4, -0.2) is 28.8 Å². The molecule has 1 aliphatic carbocycles. The number of nitrogens with zero attached hydrogens (tertiary/aromatic N) is 1. The van der Waals surface area contributed by atoms with E-state index < -0.39 is 6.10 Å². The molecule has 5 nitrogen and oxygen atoms in total. The van der Waals surface area contributed by atoms with Crippen molar-refractivity contribution in [3.63, 3.8) is 0 Å². The lowest BCUT2D eigenvalue weighted by Crippen LogP contribution is -2.41. The number of aromatic nitrogens is 1. The molecule has 5 heteroatoms. The predicted molar refractivity (Wildman–Crippen MR) is 93.4 cm³/mol. The largest absolute Gasteiger partial charge is 0.391 e. The highest BCUT2D eigenvalue weighted by atomic mass is 16.3. The van der Waals surface area contributed by atoms with Crippen LogP contribution >= 0.6 is 0 Å². The Hall–Kier alpha value is -2.40. The standard InChI is InChI=1S/C19H23N3O2/c1-13(22-19(24)21-12-18(23)17-6-7-17)14-2-4-15(5-3-14)16-8-10-20-11-9-16/h2-5,8-11,13,17-18,23H,6-7,12H2,1H3,(H2,21,22,24)/t13-,18-/m0/s1. The summed E-state index contributed by atoms with van der Waals surface area (Å²) >= 11 is 0. The van der Waals surface area contributed by atoms with Crippen LogP contribution < -0.4 is 10.6 Å². The van der Waals surface area contributed by atoms with Crippen molar-refractivity contribution in [1.82, 2.24) is 15.6 Å². The van der Waals surface area contributed by atoms with Crippen molar-refractivity contribution in [3.05, 3.63) is 54.4 Å². The van der Waals surface area contributed by atoms with E-state index in [0.29, 0.717) is 12.5 Å². The van der Waals surface area contributed by atoms with Gasteiger partial charge < -0.3 is 15.7 Å². The lowest BCUT2D eigenvalue weighted by atomic mass is 10.0. The molecule has 1 fully saturated rings. The van der Waals surface area contributed by atoms with Crippen molar-refractivity contribution in [2.45, 2.75) is 31.9 Å². The monoisotopic (exact) mass is 325 g/mol. The first-order valence-corrected chi connectivity index (χ1v) is 8.36. The van der Waals surface area contributed by atoms with E-state index in [2.05, 4.69) is 15.6 Å². The molecule has 0 saturated heterocycles. The average Bonchev–Trinajstić information content (AvgIpc) is 3.46. The van der Waals surface area contributed by atoms with Crippen molar-refractivity contribution < 1.29 is 9.90 Å². The van der Waals surface area contributed by atoms with Gasteiger partial charge in [-0.05, 0) is 54.5 Å². The van der Waals surface area contributed by atoms with Crippen LogP contribution in [0.3, 0.4) is 0 Å². The van der Waals surface area contributed by atoms with E-state index in [-0.39, 0.29) is 12.1 Å². The molecule has 24 heavy (non-hydrogen) atoms. The van der Waals surface area contributed by atoms with E-state index in [1.165, 1.54) is 0 Å². The minimum absolute atomic E-state index is 0.102. The van der Waals surface area contributed by atoms with Crippen LogP contribution in [0.2, 0.25) is 0 Å². The van der Waals surface area contributed by atoms with Crippen molar-refractivity contribution in [1.29, 1.82) is 0 Å². The normalized spacial score (nSPS) is 16.2. The number of carbonyl (C=O) groups is 1. The zero-order valence-electron chi connectivity index (χ0n) is 13.8. The molecule has 0 radical (unpaired) electrons. The number of aliphatic hydroxyl groups excluding tert-OH is 1. The van der Waals surface area contributed by atoms with Gasteiger partial charge in [0, 0.05) is 18.9 Å². The average molecular weight is 325 g/mol. The Morgan fingerprint density at radius 2 is 1.79 bits per heavy atom. The Morgan fingerprint density at radius 3 is 2.42 bits per heavy atom. The van der Waals surface area contributed by atoms with Crippen molar-refractivity contribution in [2.75, 3.05) is 6.54 Å². The van der Waals surface area contributed by atoms with Gasteiger partial charge in [0.25, 0.3) is 0 Å². The third-order valence-electron chi connectivity index (χ3n) is 4.41. The number of benzene rings is 1. The molecule has 2 atom stereocenters. The molecule has 126 valence electrons. The van der Waals surface area contributed by atoms with Crippen LogP contribution in [0.1, 0.15) is 31.4 Å². The maximum absolute atomic E-state index is 11.9. The highest BCUT2D eigenvalue weighted by Crippen LogP contribution is 2.32. The van der Waals surface area contributed by atoms with E-state index in [0.717, 1.165) is 29.5 Å². The molecule has 0 spiro atoms. The second-order valence-electron chi connectivity index (χ2n) is 6.34. The van der Waals surface area contributed by atoms with Crippen LogP contribution in [0, 0.1) is 5.92 Å². The first kappa shape index (κ1) is 16.5. The molecule has 3 rings (SSSR count). The minimum atomic E-state index is -0.425. The Morgan fingerprint density at radius 1 is 1.17 bits per heavy atom. The molecular formula is C19H23N3O2. The summed E-state index contributed by atoms with van der Waals surface area (Å²) in [4.78, 5) is 15.9. The van der Waals surface area contributed by atoms with Crippen LogP contribution in [0.4, 0.5) is 4.79 Å². The molecule has 1 aliphatic rings. The van der Waals surface area contributed by atoms with Gasteiger partial charge in [0.05, 0.1) is 12.1 Å². The summed E-state index contributed by atoms with van der Waals surface area (Å²) in [5.41, 5.74) is 3.26. The fraction of sp³-hybridized carbons (Fsp3) is 0.368. The molecule has 0 unspecified atom stereocenters. The Bertz CT molecular complexity index is 669. The zero-order chi connectivity index (χ0) is 16.9. The van der Waals surface area contributed by atoms with E-state index in [1.54, 1.807) is 12.4 Å². The first-order valence-electron chi connectivity index (χ1n) is 8.36. The lowest BCUT2D eigenvalue weighted by molar-refractivity contribution is 0.149. The maximum atomic E-state index is 11.9. The third-order valence-corrected chi connectivity index (χ3v) is 4.41. The van der Waals surface area contributed by atoms with Crippen LogP contribution in [0.25, 0.3) is 11.1 Å². The summed E-state index contributed by atoms with van der Waals surface area (Å²) in [7, 11) is 0. The number of nitrogens with one attached hydrogen (secondary N) is 2. The number of rotatable bonds is 6. The van der Waals surface area contributed by atoms with Gasteiger partial charge in [0.15, 0.2) is 0 Å². The summed E-state index contributed by atoms with van der Waals surface area (Å²) in [6, 6.07) is 11.7. The topological polar surface area (TPSA) is 74.2 Å². The summed E-state index contributed by atoms with van der Waals surface area (Å²) in [6.07, 6.45) is 5.24. The maximum Gasteiger partial charge on any atom is 0.315 e. The molecular weight excluding hydrogens is 302 g/mol. The zero-order valence-corrected chi connectivity index (χ0v) is 13.8. The van der Waals surface area contributed by atoms with Crippen LogP contribution in [0.15, 0.2) is 48.8 Å². The van der Waals surface area contributed by atoms with E-state index in [4.69, 9.17) is 0 Å². The third kappa shape index (κ3) is 4.32. The Labute approximate surface area is 142 Å². The first-order chi connectivity index (χ1) is 11.6. The highest BCUT2D eigenvalue weighted by Gasteiger charge is 2.29. The summed E-state index contributed by atoms with van der Waals surface area (Å²) in [5.74, 6) is 0.364. The van der Waals surface area contributed by atoms with Crippen molar-refractivity contribution in [3.8, 4) is 11.1 Å². The molecule has 2 aromatic rings. The van der Waals surface area contributed by atoms with Gasteiger partial charge in [0.2, 0.25) is 0 Å². The summed E-state index contributed by atoms with van der Waals surface area (Å²) < 4.78 is 0. The van der Waals surface area contributed by atoms with Gasteiger partial charge in [-0.1, -0.05) is 24.3 Å². The number of pyridine rings is 1. The number of hydrogen-bond acceptors (Lipinski definition) is 3. The molecule has 1 aromatic heterocycles. The second kappa shape index (κ2) is 7.45. The lowest BCUT2D eigenvalue weighted by Gasteiger charge is -2.17. The van der Waals surface area contributed by atoms with Gasteiger partial charge in [-0.15, -0.1) is 0 Å². The predicted octanol–water partition coefficient (Wildman–Crippen LogP) is 2.88. The minimum Gasteiger partial charge on any atom is -0.391 e. The Balaban J connectivity index is 1.52. The highest BCUT2D eigenvalue weighted by molar-refractivity contribution is 5.74. The van der Waals surface area contributed by atoms with E-state index in [1.807, 2.05) is 43.3 Å². The fourth-order valence-corrected chi connectivity index (χ4v) is 2.68. The van der Waals surface area contributed by atoms with Gasteiger partial charge in [-0.3, -0.25) is 4.98 Å². The van der Waals surface area contributed by atoms with Gasteiger partial charge >= 0.3 is 6.03 Å². The van der Waals surface area contributed by atoms with E-state index >= 15 is 0 Å². The van der Waals surface area contributed by atoms with Gasteiger partial charge in [0.1, 0.15) is 0 Å². The molecule has 3 N–H and O–H groups in total. The number of amides is 2. The molecule has 0 bridgehead atoms. The van der Waals surface area contributed by atoms with Gasteiger partial charge in [-0.2, -0.15) is 0 Å². The molecule has 1 aromatic carbocycles.